The third-order valence-electron chi connectivity index (χ3n) is 6.55. The van der Waals surface area contributed by atoms with Crippen LogP contribution in [-0.2, 0) is 26.0 Å². The van der Waals surface area contributed by atoms with E-state index in [1.54, 1.807) is 36.4 Å². The van der Waals surface area contributed by atoms with Crippen LogP contribution >= 0.6 is 0 Å². The van der Waals surface area contributed by atoms with Gasteiger partial charge in [0.2, 0.25) is 11.8 Å². The Morgan fingerprint density at radius 2 is 1.55 bits per heavy atom. The second kappa shape index (κ2) is 14.0. The topological polar surface area (TPSA) is 96.0 Å². The van der Waals surface area contributed by atoms with Crippen molar-refractivity contribution in [2.24, 2.45) is 0 Å². The van der Waals surface area contributed by atoms with E-state index in [1.807, 2.05) is 58.0 Å². The van der Waals surface area contributed by atoms with E-state index >= 15 is 0 Å². The summed E-state index contributed by atoms with van der Waals surface area (Å²) in [6.45, 7) is 7.23. The molecule has 1 atom stereocenters. The fourth-order valence-corrected chi connectivity index (χ4v) is 5.81. The van der Waals surface area contributed by atoms with Gasteiger partial charge in [-0.2, -0.15) is 0 Å². The molecule has 0 heterocycles. The zero-order chi connectivity index (χ0) is 29.3. The van der Waals surface area contributed by atoms with Crippen LogP contribution < -0.4 is 14.4 Å². The highest BCUT2D eigenvalue weighted by Gasteiger charge is 2.33. The van der Waals surface area contributed by atoms with Crippen molar-refractivity contribution in [2.45, 2.75) is 57.5 Å². The van der Waals surface area contributed by atoms with Crippen molar-refractivity contribution in [3.05, 3.63) is 90.0 Å². The van der Waals surface area contributed by atoms with Gasteiger partial charge in [-0.15, -0.1) is 0 Å². The Labute approximate surface area is 238 Å². The summed E-state index contributed by atoms with van der Waals surface area (Å²) < 4.78 is 34.1. The average molecular weight is 566 g/mol. The van der Waals surface area contributed by atoms with Gasteiger partial charge >= 0.3 is 0 Å². The van der Waals surface area contributed by atoms with Crippen molar-refractivity contribution in [2.75, 3.05) is 24.5 Å². The van der Waals surface area contributed by atoms with E-state index in [9.17, 15) is 18.0 Å². The van der Waals surface area contributed by atoms with Gasteiger partial charge in [0.1, 0.15) is 18.3 Å². The first-order valence-corrected chi connectivity index (χ1v) is 14.9. The molecule has 0 aromatic heterocycles. The van der Waals surface area contributed by atoms with Crippen LogP contribution in [0.15, 0.2) is 83.8 Å². The number of carbonyl (C=O) groups excluding carboxylic acids is 2. The summed E-state index contributed by atoms with van der Waals surface area (Å²) in [6, 6.07) is 21.8. The number of hydrogen-bond acceptors (Lipinski definition) is 5. The van der Waals surface area contributed by atoms with Crippen LogP contribution in [-0.4, -0.2) is 57.4 Å². The Kier molecular flexibility index (Phi) is 10.7. The maximum absolute atomic E-state index is 14.0. The van der Waals surface area contributed by atoms with Gasteiger partial charge in [-0.25, -0.2) is 8.42 Å². The molecular weight excluding hydrogens is 526 g/mol. The van der Waals surface area contributed by atoms with Crippen molar-refractivity contribution >= 4 is 27.5 Å². The highest BCUT2D eigenvalue weighted by molar-refractivity contribution is 7.92. The summed E-state index contributed by atoms with van der Waals surface area (Å²) >= 11 is 0. The molecule has 0 aliphatic rings. The van der Waals surface area contributed by atoms with Crippen LogP contribution in [0.1, 0.15) is 38.3 Å². The minimum absolute atomic E-state index is 0.0714. The van der Waals surface area contributed by atoms with Crippen molar-refractivity contribution in [3.63, 3.8) is 0 Å². The van der Waals surface area contributed by atoms with Crippen LogP contribution in [0, 0.1) is 6.92 Å². The molecule has 3 aromatic carbocycles. The lowest BCUT2D eigenvalue weighted by Crippen LogP contribution is -2.54. The SMILES string of the molecule is CC[C@@H](C(=O)NC(C)C)N(CCc1ccccc1)C(=O)CN(c1ccc(OC)cc1)S(=O)(=O)c1ccc(C)cc1. The molecule has 0 spiro atoms. The number of carbonyl (C=O) groups is 2. The number of methoxy groups -OCH3 is 1. The first-order chi connectivity index (χ1) is 19.1. The van der Waals surface area contributed by atoms with Crippen molar-refractivity contribution in [1.82, 2.24) is 10.2 Å². The van der Waals surface area contributed by atoms with E-state index in [4.69, 9.17) is 4.74 Å². The number of nitrogens with zero attached hydrogens (tertiary/aromatic N) is 2. The first kappa shape index (κ1) is 30.7. The maximum Gasteiger partial charge on any atom is 0.264 e. The van der Waals surface area contributed by atoms with Gasteiger partial charge in [0.05, 0.1) is 17.7 Å². The number of sulfonamides is 1. The van der Waals surface area contributed by atoms with E-state index in [2.05, 4.69) is 5.32 Å². The third-order valence-corrected chi connectivity index (χ3v) is 8.34. The van der Waals surface area contributed by atoms with Gasteiger partial charge in [0.15, 0.2) is 0 Å². The lowest BCUT2D eigenvalue weighted by atomic mass is 10.1. The average Bonchev–Trinajstić information content (AvgIpc) is 2.94. The molecule has 3 aromatic rings. The van der Waals surface area contributed by atoms with E-state index in [1.165, 1.54) is 24.1 Å². The summed E-state index contributed by atoms with van der Waals surface area (Å²) in [4.78, 5) is 28.8. The molecular formula is C31H39N3O5S. The molecule has 8 nitrogen and oxygen atoms in total. The van der Waals surface area contributed by atoms with Crippen LogP contribution in [0.2, 0.25) is 0 Å². The second-order valence-electron chi connectivity index (χ2n) is 9.93. The van der Waals surface area contributed by atoms with Crippen molar-refractivity contribution < 1.29 is 22.7 Å². The molecule has 9 heteroatoms. The lowest BCUT2D eigenvalue weighted by molar-refractivity contribution is -0.139. The first-order valence-electron chi connectivity index (χ1n) is 13.4. The van der Waals surface area contributed by atoms with E-state index < -0.39 is 28.5 Å². The number of benzene rings is 3. The Hall–Kier alpha value is -3.85. The Balaban J connectivity index is 2.01. The van der Waals surface area contributed by atoms with Crippen LogP contribution in [0.25, 0.3) is 0 Å². The summed E-state index contributed by atoms with van der Waals surface area (Å²) in [5, 5.41) is 2.91. The molecule has 0 aliphatic carbocycles. The Bertz CT molecular complexity index is 1360. The molecule has 0 saturated heterocycles. The zero-order valence-corrected chi connectivity index (χ0v) is 24.6. The predicted octanol–water partition coefficient (Wildman–Crippen LogP) is 4.57. The molecule has 0 bridgehead atoms. The lowest BCUT2D eigenvalue weighted by Gasteiger charge is -2.33. The van der Waals surface area contributed by atoms with E-state index in [0.29, 0.717) is 24.3 Å². The minimum Gasteiger partial charge on any atom is -0.497 e. The summed E-state index contributed by atoms with van der Waals surface area (Å²) in [5.74, 6) is -0.173. The zero-order valence-electron chi connectivity index (χ0n) is 23.8. The van der Waals surface area contributed by atoms with Crippen LogP contribution in [0.5, 0.6) is 5.75 Å². The normalized spacial score (nSPS) is 12.1. The summed E-state index contributed by atoms with van der Waals surface area (Å²) in [7, 11) is -2.59. The number of ether oxygens (including phenoxy) is 1. The molecule has 0 aliphatic heterocycles. The summed E-state index contributed by atoms with van der Waals surface area (Å²) in [6.07, 6.45) is 0.900. The Morgan fingerprint density at radius 1 is 0.925 bits per heavy atom. The number of hydrogen-bond donors (Lipinski definition) is 1. The van der Waals surface area contributed by atoms with Gasteiger partial charge in [0, 0.05) is 12.6 Å². The van der Waals surface area contributed by atoms with Gasteiger partial charge in [-0.05, 0) is 75.6 Å². The monoisotopic (exact) mass is 565 g/mol. The Morgan fingerprint density at radius 3 is 2.10 bits per heavy atom. The smallest absolute Gasteiger partial charge is 0.264 e. The van der Waals surface area contributed by atoms with Gasteiger partial charge in [0.25, 0.3) is 10.0 Å². The molecule has 0 radical (unpaired) electrons. The molecule has 1 N–H and O–H groups in total. The molecule has 0 saturated carbocycles. The van der Waals surface area contributed by atoms with Gasteiger partial charge in [-0.3, -0.25) is 13.9 Å². The van der Waals surface area contributed by atoms with Crippen LogP contribution in [0.4, 0.5) is 5.69 Å². The van der Waals surface area contributed by atoms with Gasteiger partial charge in [-0.1, -0.05) is 55.0 Å². The minimum atomic E-state index is -4.11. The fourth-order valence-electron chi connectivity index (χ4n) is 4.39. The molecule has 40 heavy (non-hydrogen) atoms. The molecule has 3 rings (SSSR count). The molecule has 0 fully saturated rings. The largest absolute Gasteiger partial charge is 0.497 e. The summed E-state index contributed by atoms with van der Waals surface area (Å²) in [5.41, 5.74) is 2.25. The van der Waals surface area contributed by atoms with Crippen molar-refractivity contribution in [1.29, 1.82) is 0 Å². The van der Waals surface area contributed by atoms with E-state index in [0.717, 1.165) is 15.4 Å². The van der Waals surface area contributed by atoms with Crippen LogP contribution in [0.3, 0.4) is 0 Å². The fraction of sp³-hybridized carbons (Fsp3) is 0.355. The van der Waals surface area contributed by atoms with Crippen molar-refractivity contribution in [3.8, 4) is 5.75 Å². The third kappa shape index (κ3) is 7.85. The number of rotatable bonds is 13. The highest BCUT2D eigenvalue weighted by atomic mass is 32.2. The van der Waals surface area contributed by atoms with Gasteiger partial charge < -0.3 is 15.0 Å². The molecule has 0 unspecified atom stereocenters. The second-order valence-corrected chi connectivity index (χ2v) is 11.8. The standard InChI is InChI=1S/C31H39N3O5S/c1-6-29(31(36)32-23(2)3)33(21-20-25-10-8-7-9-11-25)30(35)22-34(26-14-16-27(39-5)17-15-26)40(37,38)28-18-12-24(4)13-19-28/h7-19,23,29H,6,20-22H2,1-5H3,(H,32,36)/t29-/m0/s1. The number of nitrogens with one attached hydrogen (secondary N) is 1. The molecule has 214 valence electrons. The number of aryl methyl sites for hydroxylation is 1. The quantitative estimate of drug-likeness (QED) is 0.328. The number of anilines is 1. The number of amides is 2. The predicted molar refractivity (Wildman–Crippen MR) is 158 cm³/mol. The molecule has 2 amide bonds. The maximum atomic E-state index is 14.0. The van der Waals surface area contributed by atoms with E-state index in [-0.39, 0.29) is 23.4 Å². The highest BCUT2D eigenvalue weighted by Crippen LogP contribution is 2.26.